The monoisotopic (exact) mass is 280 g/mol. The Morgan fingerprint density at radius 1 is 1.24 bits per heavy atom. The van der Waals surface area contributed by atoms with Crippen LogP contribution in [0.15, 0.2) is 53.3 Å². The van der Waals surface area contributed by atoms with Crippen LogP contribution < -0.4 is 5.32 Å². The van der Waals surface area contributed by atoms with E-state index in [0.29, 0.717) is 12.0 Å². The Kier molecular flexibility index (Phi) is 3.69. The largest absolute Gasteiger partial charge is 0.443 e. The Labute approximate surface area is 122 Å². The van der Waals surface area contributed by atoms with Gasteiger partial charge in [0.25, 0.3) is 0 Å². The van der Waals surface area contributed by atoms with E-state index < -0.39 is 0 Å². The van der Waals surface area contributed by atoms with Gasteiger partial charge >= 0.3 is 0 Å². The summed E-state index contributed by atoms with van der Waals surface area (Å²) in [6, 6.07) is 13.6. The van der Waals surface area contributed by atoms with Crippen LogP contribution in [-0.4, -0.2) is 10.9 Å². The van der Waals surface area contributed by atoms with Crippen molar-refractivity contribution in [2.24, 2.45) is 0 Å². The highest BCUT2D eigenvalue weighted by atomic mass is 16.3. The van der Waals surface area contributed by atoms with Crippen LogP contribution in [0, 0.1) is 6.92 Å². The first kappa shape index (κ1) is 13.4. The predicted octanol–water partition coefficient (Wildman–Crippen LogP) is 3.71. The molecule has 3 aromatic rings. The molecule has 1 heterocycles. The maximum atomic E-state index is 12.0. The van der Waals surface area contributed by atoms with Crippen molar-refractivity contribution in [1.29, 1.82) is 0 Å². The van der Waals surface area contributed by atoms with E-state index in [4.69, 9.17) is 4.42 Å². The number of nitrogens with one attached hydrogen (secondary N) is 1. The lowest BCUT2D eigenvalue weighted by Gasteiger charge is -2.07. The fourth-order valence-corrected chi connectivity index (χ4v) is 2.30. The molecule has 0 aliphatic carbocycles. The number of benzene rings is 2. The van der Waals surface area contributed by atoms with E-state index in [-0.39, 0.29) is 5.91 Å². The van der Waals surface area contributed by atoms with Gasteiger partial charge in [0, 0.05) is 12.1 Å². The number of hydrogen-bond donors (Lipinski definition) is 1. The van der Waals surface area contributed by atoms with Crippen molar-refractivity contribution in [2.75, 3.05) is 5.32 Å². The molecule has 2 aromatic carbocycles. The van der Waals surface area contributed by atoms with E-state index >= 15 is 0 Å². The summed E-state index contributed by atoms with van der Waals surface area (Å²) in [6.45, 7) is 2.06. The third-order valence-electron chi connectivity index (χ3n) is 3.50. The Morgan fingerprint density at radius 2 is 2.10 bits per heavy atom. The van der Waals surface area contributed by atoms with Crippen LogP contribution in [0.5, 0.6) is 0 Å². The van der Waals surface area contributed by atoms with Gasteiger partial charge in [-0.2, -0.15) is 0 Å². The highest BCUT2D eigenvalue weighted by molar-refractivity contribution is 5.92. The minimum atomic E-state index is 0.00102. The molecule has 0 spiro atoms. The molecule has 4 nitrogen and oxygen atoms in total. The maximum Gasteiger partial charge on any atom is 0.224 e. The summed E-state index contributed by atoms with van der Waals surface area (Å²) in [5.74, 6) is 0.00102. The van der Waals surface area contributed by atoms with Crippen LogP contribution in [0.1, 0.15) is 17.5 Å². The number of carbonyl (C=O) groups is 1. The van der Waals surface area contributed by atoms with Crippen LogP contribution in [0.2, 0.25) is 0 Å². The van der Waals surface area contributed by atoms with Crippen molar-refractivity contribution in [3.8, 4) is 0 Å². The van der Waals surface area contributed by atoms with E-state index in [1.54, 1.807) is 6.07 Å². The van der Waals surface area contributed by atoms with Crippen molar-refractivity contribution in [2.45, 2.75) is 19.8 Å². The Morgan fingerprint density at radius 3 is 2.95 bits per heavy atom. The van der Waals surface area contributed by atoms with Crippen molar-refractivity contribution in [3.63, 3.8) is 0 Å². The first-order valence-corrected chi connectivity index (χ1v) is 6.90. The van der Waals surface area contributed by atoms with Crippen LogP contribution >= 0.6 is 0 Å². The van der Waals surface area contributed by atoms with Gasteiger partial charge in [-0.05, 0) is 42.7 Å². The van der Waals surface area contributed by atoms with Crippen LogP contribution in [0.4, 0.5) is 5.69 Å². The van der Waals surface area contributed by atoms with Crippen molar-refractivity contribution in [3.05, 3.63) is 60.0 Å². The zero-order valence-corrected chi connectivity index (χ0v) is 11.8. The molecule has 0 bridgehead atoms. The molecule has 1 aromatic heterocycles. The van der Waals surface area contributed by atoms with Gasteiger partial charge < -0.3 is 9.73 Å². The summed E-state index contributed by atoms with van der Waals surface area (Å²) in [5, 5.41) is 2.89. The number of oxazole rings is 1. The van der Waals surface area contributed by atoms with Gasteiger partial charge in [0.15, 0.2) is 12.0 Å². The molecular formula is C17H16N2O2. The second-order valence-electron chi connectivity index (χ2n) is 5.01. The molecule has 1 amide bonds. The Hall–Kier alpha value is -2.62. The summed E-state index contributed by atoms with van der Waals surface area (Å²) in [4.78, 5) is 16.1. The Bertz CT molecular complexity index is 777. The van der Waals surface area contributed by atoms with Crippen molar-refractivity contribution >= 4 is 22.7 Å². The van der Waals surface area contributed by atoms with Gasteiger partial charge in [0.1, 0.15) is 5.52 Å². The van der Waals surface area contributed by atoms with Gasteiger partial charge in [-0.1, -0.05) is 24.3 Å². The number of amides is 1. The highest BCUT2D eigenvalue weighted by Gasteiger charge is 2.06. The molecule has 0 saturated heterocycles. The van der Waals surface area contributed by atoms with Gasteiger partial charge in [-0.3, -0.25) is 4.79 Å². The molecule has 0 unspecified atom stereocenters. The summed E-state index contributed by atoms with van der Waals surface area (Å²) in [7, 11) is 0. The topological polar surface area (TPSA) is 55.1 Å². The molecule has 0 saturated carbocycles. The first-order valence-electron chi connectivity index (χ1n) is 6.90. The Balaban J connectivity index is 1.62. The first-order chi connectivity index (χ1) is 10.2. The smallest absolute Gasteiger partial charge is 0.224 e. The molecule has 0 fully saturated rings. The second kappa shape index (κ2) is 5.79. The maximum absolute atomic E-state index is 12.0. The third kappa shape index (κ3) is 3.11. The number of aryl methyl sites for hydroxylation is 2. The van der Waals surface area contributed by atoms with Gasteiger partial charge in [-0.15, -0.1) is 0 Å². The predicted molar refractivity (Wildman–Crippen MR) is 82.1 cm³/mol. The summed E-state index contributed by atoms with van der Waals surface area (Å²) in [5.41, 5.74) is 4.62. The van der Waals surface area contributed by atoms with Crippen LogP contribution in [-0.2, 0) is 11.2 Å². The van der Waals surface area contributed by atoms with E-state index in [2.05, 4.69) is 29.4 Å². The van der Waals surface area contributed by atoms with E-state index in [0.717, 1.165) is 17.6 Å². The molecule has 4 heteroatoms. The zero-order valence-electron chi connectivity index (χ0n) is 11.8. The number of anilines is 1. The van der Waals surface area contributed by atoms with Gasteiger partial charge in [-0.25, -0.2) is 4.98 Å². The average Bonchev–Trinajstić information content (AvgIpc) is 2.94. The fraction of sp³-hybridized carbons (Fsp3) is 0.176. The van der Waals surface area contributed by atoms with E-state index in [9.17, 15) is 4.79 Å². The number of nitrogens with zero attached hydrogens (tertiary/aromatic N) is 1. The fourth-order valence-electron chi connectivity index (χ4n) is 2.30. The molecule has 0 aliphatic heterocycles. The quantitative estimate of drug-likeness (QED) is 0.792. The van der Waals surface area contributed by atoms with Crippen LogP contribution in [0.25, 0.3) is 11.1 Å². The number of rotatable bonds is 4. The van der Waals surface area contributed by atoms with Gasteiger partial charge in [0.2, 0.25) is 5.91 Å². The molecule has 0 radical (unpaired) electrons. The van der Waals surface area contributed by atoms with E-state index in [1.165, 1.54) is 17.5 Å². The minimum absolute atomic E-state index is 0.00102. The third-order valence-corrected chi connectivity index (χ3v) is 3.50. The van der Waals surface area contributed by atoms with Crippen molar-refractivity contribution < 1.29 is 9.21 Å². The lowest BCUT2D eigenvalue weighted by Crippen LogP contribution is -2.12. The lowest BCUT2D eigenvalue weighted by atomic mass is 10.0. The summed E-state index contributed by atoms with van der Waals surface area (Å²) in [6.07, 6.45) is 2.60. The standard InChI is InChI=1S/C17H16N2O2/c1-12-4-2-3-5-13(12)6-9-17(20)19-14-7-8-16-15(10-14)18-11-21-16/h2-5,7-8,10-11H,6,9H2,1H3,(H,19,20). The highest BCUT2D eigenvalue weighted by Crippen LogP contribution is 2.18. The molecule has 0 atom stereocenters. The number of carbonyl (C=O) groups excluding carboxylic acids is 1. The molecule has 21 heavy (non-hydrogen) atoms. The summed E-state index contributed by atoms with van der Waals surface area (Å²) >= 11 is 0. The van der Waals surface area contributed by atoms with Gasteiger partial charge in [0.05, 0.1) is 0 Å². The van der Waals surface area contributed by atoms with E-state index in [1.807, 2.05) is 24.3 Å². The van der Waals surface area contributed by atoms with Crippen molar-refractivity contribution in [1.82, 2.24) is 4.98 Å². The SMILES string of the molecule is Cc1ccccc1CCC(=O)Nc1ccc2ocnc2c1. The number of fused-ring (bicyclic) bond motifs is 1. The average molecular weight is 280 g/mol. The molecule has 3 rings (SSSR count). The number of hydrogen-bond acceptors (Lipinski definition) is 3. The summed E-state index contributed by atoms with van der Waals surface area (Å²) < 4.78 is 5.17. The van der Waals surface area contributed by atoms with Crippen LogP contribution in [0.3, 0.4) is 0 Å². The molecule has 1 N–H and O–H groups in total. The normalized spacial score (nSPS) is 10.7. The minimum Gasteiger partial charge on any atom is -0.443 e. The zero-order chi connectivity index (χ0) is 14.7. The molecular weight excluding hydrogens is 264 g/mol. The number of aromatic nitrogens is 1. The molecule has 106 valence electrons. The molecule has 0 aliphatic rings. The lowest BCUT2D eigenvalue weighted by molar-refractivity contribution is -0.116. The second-order valence-corrected chi connectivity index (χ2v) is 5.01.